The van der Waals surface area contributed by atoms with Crippen molar-refractivity contribution in [2.24, 2.45) is 5.92 Å². The van der Waals surface area contributed by atoms with Gasteiger partial charge in [-0.2, -0.15) is 0 Å². The highest BCUT2D eigenvalue weighted by Crippen LogP contribution is 2.10. The summed E-state index contributed by atoms with van der Waals surface area (Å²) in [7, 11) is 2.46. The van der Waals surface area contributed by atoms with Crippen LogP contribution in [-0.2, 0) is 23.8 Å². The lowest BCUT2D eigenvalue weighted by atomic mass is 10.0. The van der Waals surface area contributed by atoms with Crippen molar-refractivity contribution in [2.75, 3.05) is 20.8 Å². The first-order valence-electron chi connectivity index (χ1n) is 4.79. The fourth-order valence-electron chi connectivity index (χ4n) is 1.11. The molecule has 0 aliphatic rings. The van der Waals surface area contributed by atoms with Gasteiger partial charge in [0.1, 0.15) is 6.26 Å². The topological polar surface area (TPSA) is 61.8 Å². The quantitative estimate of drug-likeness (QED) is 0.214. The van der Waals surface area contributed by atoms with Crippen LogP contribution in [0.25, 0.3) is 0 Å². The Morgan fingerprint density at radius 2 is 1.88 bits per heavy atom. The molecule has 0 spiro atoms. The van der Waals surface area contributed by atoms with Crippen molar-refractivity contribution < 1.29 is 23.8 Å². The van der Waals surface area contributed by atoms with Crippen LogP contribution in [0.3, 0.4) is 0 Å². The molecule has 0 N–H and O–H groups in total. The van der Waals surface area contributed by atoms with E-state index < -0.39 is 17.9 Å². The van der Waals surface area contributed by atoms with Crippen LogP contribution in [0.1, 0.15) is 12.8 Å². The second kappa shape index (κ2) is 8.56. The van der Waals surface area contributed by atoms with Crippen molar-refractivity contribution in [1.82, 2.24) is 0 Å². The molecular weight excluding hydrogens is 212 g/mol. The SMILES string of the molecule is C=C=COCCCC(C(=O)OC)C(=O)OC. The van der Waals surface area contributed by atoms with E-state index in [9.17, 15) is 9.59 Å². The Balaban J connectivity index is 4.07. The summed E-state index contributed by atoms with van der Waals surface area (Å²) in [6.45, 7) is 3.70. The molecule has 5 nitrogen and oxygen atoms in total. The van der Waals surface area contributed by atoms with Crippen molar-refractivity contribution in [1.29, 1.82) is 0 Å². The first kappa shape index (κ1) is 14.3. The smallest absolute Gasteiger partial charge is 0.320 e. The molecule has 0 aliphatic carbocycles. The van der Waals surface area contributed by atoms with Gasteiger partial charge in [-0.25, -0.2) is 0 Å². The molecule has 0 atom stereocenters. The van der Waals surface area contributed by atoms with Gasteiger partial charge in [-0.05, 0) is 12.8 Å². The predicted octanol–water partition coefficient (Wildman–Crippen LogP) is 1.04. The first-order chi connectivity index (χ1) is 7.67. The standard InChI is InChI=1S/C11H16O5/c1-4-7-16-8-5-6-9(10(12)14-2)11(13)15-3/h7,9H,1,5-6,8H2,2-3H3. The maximum atomic E-state index is 11.2. The Morgan fingerprint density at radius 3 is 2.31 bits per heavy atom. The van der Waals surface area contributed by atoms with E-state index >= 15 is 0 Å². The van der Waals surface area contributed by atoms with E-state index in [2.05, 4.69) is 21.8 Å². The maximum absolute atomic E-state index is 11.2. The molecule has 0 saturated carbocycles. The summed E-state index contributed by atoms with van der Waals surface area (Å²) in [4.78, 5) is 22.5. The van der Waals surface area contributed by atoms with Gasteiger partial charge < -0.3 is 14.2 Å². The van der Waals surface area contributed by atoms with Crippen molar-refractivity contribution >= 4 is 11.9 Å². The number of hydrogen-bond donors (Lipinski definition) is 0. The number of esters is 2. The fraction of sp³-hybridized carbons (Fsp3) is 0.545. The first-order valence-corrected chi connectivity index (χ1v) is 4.79. The minimum absolute atomic E-state index is 0.324. The Bertz CT molecular complexity index is 262. The Hall–Kier alpha value is -1.74. The van der Waals surface area contributed by atoms with Crippen LogP contribution in [-0.4, -0.2) is 32.8 Å². The lowest BCUT2D eigenvalue weighted by Gasteiger charge is -2.11. The number of carbonyl (C=O) groups excluding carboxylic acids is 2. The zero-order chi connectivity index (χ0) is 12.4. The fourth-order valence-corrected chi connectivity index (χ4v) is 1.11. The van der Waals surface area contributed by atoms with E-state index in [1.54, 1.807) is 0 Å². The van der Waals surface area contributed by atoms with Gasteiger partial charge in [0, 0.05) is 0 Å². The third kappa shape index (κ3) is 5.22. The van der Waals surface area contributed by atoms with Crippen LogP contribution in [0.5, 0.6) is 0 Å². The summed E-state index contributed by atoms with van der Waals surface area (Å²) >= 11 is 0. The zero-order valence-electron chi connectivity index (χ0n) is 9.52. The van der Waals surface area contributed by atoms with Gasteiger partial charge in [0.15, 0.2) is 5.92 Å². The van der Waals surface area contributed by atoms with Crippen molar-refractivity contribution in [3.8, 4) is 0 Å². The Kier molecular flexibility index (Phi) is 7.63. The number of rotatable bonds is 7. The molecule has 0 unspecified atom stereocenters. The number of hydrogen-bond acceptors (Lipinski definition) is 5. The molecule has 0 aliphatic heterocycles. The highest BCUT2D eigenvalue weighted by Gasteiger charge is 2.27. The molecule has 0 bridgehead atoms. The van der Waals surface area contributed by atoms with E-state index in [0.29, 0.717) is 19.4 Å². The highest BCUT2D eigenvalue weighted by atomic mass is 16.5. The van der Waals surface area contributed by atoms with Crippen LogP contribution in [0.4, 0.5) is 0 Å². The van der Waals surface area contributed by atoms with E-state index in [0.717, 1.165) is 0 Å². The summed E-state index contributed by atoms with van der Waals surface area (Å²) in [6, 6.07) is 0. The molecule has 0 aromatic heterocycles. The third-order valence-corrected chi connectivity index (χ3v) is 1.89. The minimum Gasteiger partial charge on any atom is -0.493 e. The second-order valence-electron chi connectivity index (χ2n) is 2.93. The summed E-state index contributed by atoms with van der Waals surface area (Å²) in [5, 5.41) is 0. The monoisotopic (exact) mass is 228 g/mol. The summed E-state index contributed by atoms with van der Waals surface area (Å²) in [5.41, 5.74) is 2.44. The third-order valence-electron chi connectivity index (χ3n) is 1.89. The summed E-state index contributed by atoms with van der Waals surface area (Å²) in [6.07, 6.45) is 2.18. The van der Waals surface area contributed by atoms with Gasteiger partial charge in [0.25, 0.3) is 0 Å². The predicted molar refractivity (Wildman–Crippen MR) is 56.4 cm³/mol. The van der Waals surface area contributed by atoms with Gasteiger partial charge in [-0.3, -0.25) is 9.59 Å². The molecule has 16 heavy (non-hydrogen) atoms. The van der Waals surface area contributed by atoms with E-state index in [4.69, 9.17) is 4.74 Å². The highest BCUT2D eigenvalue weighted by molar-refractivity contribution is 5.94. The minimum atomic E-state index is -0.883. The van der Waals surface area contributed by atoms with Gasteiger partial charge in [-0.1, -0.05) is 12.3 Å². The molecule has 0 saturated heterocycles. The Labute approximate surface area is 94.7 Å². The van der Waals surface area contributed by atoms with E-state index in [1.165, 1.54) is 20.5 Å². The molecular formula is C11H16O5. The normalized spacial score (nSPS) is 9.19. The van der Waals surface area contributed by atoms with Gasteiger partial charge in [0.2, 0.25) is 0 Å². The van der Waals surface area contributed by atoms with Crippen molar-refractivity contribution in [3.63, 3.8) is 0 Å². The molecule has 0 heterocycles. The average molecular weight is 228 g/mol. The molecule has 0 radical (unpaired) electrons. The van der Waals surface area contributed by atoms with Crippen molar-refractivity contribution in [3.05, 3.63) is 18.6 Å². The van der Waals surface area contributed by atoms with Gasteiger partial charge in [-0.15, -0.1) is 0 Å². The van der Waals surface area contributed by atoms with Crippen LogP contribution in [0.2, 0.25) is 0 Å². The largest absolute Gasteiger partial charge is 0.493 e. The van der Waals surface area contributed by atoms with Crippen LogP contribution < -0.4 is 0 Å². The molecule has 5 heteroatoms. The molecule has 0 amide bonds. The summed E-state index contributed by atoms with van der Waals surface area (Å²) in [5.74, 6) is -2.07. The molecule has 0 fully saturated rings. The van der Waals surface area contributed by atoms with E-state index in [-0.39, 0.29) is 0 Å². The molecule has 0 rings (SSSR count). The Morgan fingerprint density at radius 1 is 1.31 bits per heavy atom. The molecule has 0 aromatic rings. The number of carbonyl (C=O) groups is 2. The maximum Gasteiger partial charge on any atom is 0.320 e. The molecule has 90 valence electrons. The van der Waals surface area contributed by atoms with Crippen LogP contribution in [0.15, 0.2) is 18.6 Å². The van der Waals surface area contributed by atoms with Gasteiger partial charge >= 0.3 is 11.9 Å². The van der Waals surface area contributed by atoms with Crippen LogP contribution >= 0.6 is 0 Å². The number of methoxy groups -OCH3 is 2. The lowest BCUT2D eigenvalue weighted by molar-refractivity contribution is -0.159. The average Bonchev–Trinajstić information content (AvgIpc) is 2.32. The van der Waals surface area contributed by atoms with Gasteiger partial charge in [0.05, 0.1) is 20.8 Å². The van der Waals surface area contributed by atoms with E-state index in [1.807, 2.05) is 0 Å². The molecule has 0 aromatic carbocycles. The van der Waals surface area contributed by atoms with Crippen molar-refractivity contribution in [2.45, 2.75) is 12.8 Å². The zero-order valence-corrected chi connectivity index (χ0v) is 9.52. The second-order valence-corrected chi connectivity index (χ2v) is 2.93. The lowest BCUT2D eigenvalue weighted by Crippen LogP contribution is -2.26. The van der Waals surface area contributed by atoms with Crippen LogP contribution in [0, 0.1) is 5.92 Å². The number of ether oxygens (including phenoxy) is 3. The summed E-state index contributed by atoms with van der Waals surface area (Å²) < 4.78 is 14.0.